The molecule has 2 aromatic rings. The molecule has 5 heteroatoms. The maximum Gasteiger partial charge on any atom is 0.249 e. The summed E-state index contributed by atoms with van der Waals surface area (Å²) in [4.78, 5) is 14.5. The van der Waals surface area contributed by atoms with Crippen molar-refractivity contribution in [1.29, 1.82) is 0 Å². The number of thiophene rings is 1. The monoisotopic (exact) mass is 304 g/mol. The molecule has 112 valence electrons. The van der Waals surface area contributed by atoms with Gasteiger partial charge in [0.15, 0.2) is 0 Å². The van der Waals surface area contributed by atoms with Gasteiger partial charge in [0.1, 0.15) is 5.75 Å². The minimum atomic E-state index is -0.377. The van der Waals surface area contributed by atoms with E-state index in [-0.39, 0.29) is 11.9 Å². The van der Waals surface area contributed by atoms with Crippen LogP contribution >= 0.6 is 11.3 Å². The number of nitrogens with two attached hydrogens (primary N) is 1. The molecule has 0 aliphatic carbocycles. The van der Waals surface area contributed by atoms with E-state index in [0.29, 0.717) is 5.56 Å². The summed E-state index contributed by atoms with van der Waals surface area (Å²) < 4.78 is 5.42. The van der Waals surface area contributed by atoms with Gasteiger partial charge < -0.3 is 10.5 Å². The Morgan fingerprint density at radius 3 is 2.76 bits per heavy atom. The summed E-state index contributed by atoms with van der Waals surface area (Å²) in [5, 5.41) is 1.80. The lowest BCUT2D eigenvalue weighted by molar-refractivity contribution is 0.100. The maximum absolute atomic E-state index is 11.1. The highest BCUT2D eigenvalue weighted by atomic mass is 32.1. The minimum absolute atomic E-state index is 0.209. The Morgan fingerprint density at radius 1 is 1.43 bits per heavy atom. The number of methoxy groups -OCH3 is 1. The lowest BCUT2D eigenvalue weighted by Crippen LogP contribution is -2.22. The van der Waals surface area contributed by atoms with Gasteiger partial charge in [0, 0.05) is 28.4 Å². The van der Waals surface area contributed by atoms with Crippen LogP contribution in [0.1, 0.15) is 33.8 Å². The SMILES string of the molecule is COc1ccccc1C(C)N(C)Cc1cc(C(N)=O)cs1. The van der Waals surface area contributed by atoms with Crippen LogP contribution in [0.2, 0.25) is 0 Å². The van der Waals surface area contributed by atoms with E-state index in [1.807, 2.05) is 24.3 Å². The summed E-state index contributed by atoms with van der Waals surface area (Å²) in [6, 6.07) is 10.1. The van der Waals surface area contributed by atoms with Gasteiger partial charge in [0.25, 0.3) is 0 Å². The third kappa shape index (κ3) is 3.62. The van der Waals surface area contributed by atoms with Crippen molar-refractivity contribution in [2.24, 2.45) is 5.73 Å². The molecule has 0 radical (unpaired) electrons. The number of carbonyl (C=O) groups excluding carboxylic acids is 1. The van der Waals surface area contributed by atoms with Crippen molar-refractivity contribution < 1.29 is 9.53 Å². The summed E-state index contributed by atoms with van der Waals surface area (Å²) >= 11 is 1.56. The van der Waals surface area contributed by atoms with Gasteiger partial charge in [-0.2, -0.15) is 0 Å². The first-order valence-electron chi connectivity index (χ1n) is 6.73. The standard InChI is InChI=1S/C16H20N2O2S/c1-11(14-6-4-5-7-15(14)20-3)18(2)9-13-8-12(10-21-13)16(17)19/h4-8,10-11H,9H2,1-3H3,(H2,17,19). The number of amides is 1. The van der Waals surface area contributed by atoms with Crippen LogP contribution in [0.4, 0.5) is 0 Å². The number of ether oxygens (including phenoxy) is 1. The van der Waals surface area contributed by atoms with Crippen LogP contribution in [0.25, 0.3) is 0 Å². The molecule has 4 nitrogen and oxygen atoms in total. The Morgan fingerprint density at radius 2 is 2.14 bits per heavy atom. The highest BCUT2D eigenvalue weighted by molar-refractivity contribution is 7.10. The minimum Gasteiger partial charge on any atom is -0.496 e. The molecule has 0 spiro atoms. The second-order valence-electron chi connectivity index (χ2n) is 5.00. The Balaban J connectivity index is 2.11. The molecule has 1 aromatic heterocycles. The molecular weight excluding hydrogens is 284 g/mol. The van der Waals surface area contributed by atoms with Crippen molar-refractivity contribution in [3.63, 3.8) is 0 Å². The molecule has 0 saturated heterocycles. The Hall–Kier alpha value is -1.85. The smallest absolute Gasteiger partial charge is 0.249 e. The van der Waals surface area contributed by atoms with E-state index in [4.69, 9.17) is 10.5 Å². The van der Waals surface area contributed by atoms with E-state index < -0.39 is 0 Å². The average molecular weight is 304 g/mol. The van der Waals surface area contributed by atoms with E-state index in [1.54, 1.807) is 23.8 Å². The number of para-hydroxylation sites is 1. The lowest BCUT2D eigenvalue weighted by atomic mass is 10.1. The van der Waals surface area contributed by atoms with E-state index in [1.165, 1.54) is 0 Å². The van der Waals surface area contributed by atoms with Crippen LogP contribution in [0, 0.1) is 0 Å². The summed E-state index contributed by atoms with van der Waals surface area (Å²) in [6.07, 6.45) is 0. The van der Waals surface area contributed by atoms with E-state index >= 15 is 0 Å². The number of hydrogen-bond donors (Lipinski definition) is 1. The highest BCUT2D eigenvalue weighted by Gasteiger charge is 2.16. The van der Waals surface area contributed by atoms with Gasteiger partial charge in [-0.25, -0.2) is 0 Å². The first kappa shape index (κ1) is 15.5. The maximum atomic E-state index is 11.1. The summed E-state index contributed by atoms with van der Waals surface area (Å²) in [6.45, 7) is 2.90. The molecule has 1 unspecified atom stereocenters. The van der Waals surface area contributed by atoms with Gasteiger partial charge in [-0.15, -0.1) is 11.3 Å². The Labute approximate surface area is 129 Å². The number of hydrogen-bond acceptors (Lipinski definition) is 4. The molecule has 2 rings (SSSR count). The van der Waals surface area contributed by atoms with Crippen molar-refractivity contribution >= 4 is 17.2 Å². The molecule has 1 heterocycles. The fourth-order valence-electron chi connectivity index (χ4n) is 2.22. The zero-order valence-electron chi connectivity index (χ0n) is 12.5. The number of primary amides is 1. The number of benzene rings is 1. The molecule has 21 heavy (non-hydrogen) atoms. The van der Waals surface area contributed by atoms with Gasteiger partial charge in [-0.1, -0.05) is 18.2 Å². The van der Waals surface area contributed by atoms with Crippen LogP contribution in [0.5, 0.6) is 5.75 Å². The topological polar surface area (TPSA) is 55.6 Å². The van der Waals surface area contributed by atoms with Crippen LogP contribution in [-0.4, -0.2) is 25.0 Å². The molecule has 1 aromatic carbocycles. The largest absolute Gasteiger partial charge is 0.496 e. The Kier molecular flexibility index (Phi) is 4.98. The normalized spacial score (nSPS) is 12.4. The third-order valence-electron chi connectivity index (χ3n) is 3.59. The quantitative estimate of drug-likeness (QED) is 0.892. The summed E-state index contributed by atoms with van der Waals surface area (Å²) in [7, 11) is 3.74. The van der Waals surface area contributed by atoms with E-state index in [2.05, 4.69) is 24.9 Å². The first-order chi connectivity index (χ1) is 10.0. The molecule has 0 fully saturated rings. The van der Waals surface area contributed by atoms with Crippen LogP contribution in [0.3, 0.4) is 0 Å². The molecule has 0 aliphatic rings. The van der Waals surface area contributed by atoms with Crippen molar-refractivity contribution in [2.45, 2.75) is 19.5 Å². The second kappa shape index (κ2) is 6.74. The molecule has 1 amide bonds. The van der Waals surface area contributed by atoms with Crippen molar-refractivity contribution in [3.05, 3.63) is 51.7 Å². The molecular formula is C16H20N2O2S. The van der Waals surface area contributed by atoms with Crippen LogP contribution < -0.4 is 10.5 Å². The van der Waals surface area contributed by atoms with Crippen LogP contribution in [0.15, 0.2) is 35.7 Å². The number of carbonyl (C=O) groups is 1. The fourth-order valence-corrected chi connectivity index (χ4v) is 3.16. The molecule has 2 N–H and O–H groups in total. The van der Waals surface area contributed by atoms with Gasteiger partial charge in [0.2, 0.25) is 5.91 Å². The van der Waals surface area contributed by atoms with Crippen molar-refractivity contribution in [3.8, 4) is 5.75 Å². The van der Waals surface area contributed by atoms with E-state index in [0.717, 1.165) is 22.7 Å². The Bertz CT molecular complexity index is 624. The third-order valence-corrected chi connectivity index (χ3v) is 4.52. The van der Waals surface area contributed by atoms with Gasteiger partial charge >= 0.3 is 0 Å². The number of nitrogens with zero attached hydrogens (tertiary/aromatic N) is 1. The lowest BCUT2D eigenvalue weighted by Gasteiger charge is -2.25. The zero-order valence-corrected chi connectivity index (χ0v) is 13.3. The summed E-state index contributed by atoms with van der Waals surface area (Å²) in [5.74, 6) is 0.513. The van der Waals surface area contributed by atoms with E-state index in [9.17, 15) is 4.79 Å². The first-order valence-corrected chi connectivity index (χ1v) is 7.61. The average Bonchev–Trinajstić information content (AvgIpc) is 2.95. The predicted octanol–water partition coefficient (Wildman–Crippen LogP) is 3.05. The highest BCUT2D eigenvalue weighted by Crippen LogP contribution is 2.29. The molecule has 1 atom stereocenters. The van der Waals surface area contributed by atoms with Crippen molar-refractivity contribution in [2.75, 3.05) is 14.2 Å². The fraction of sp³-hybridized carbons (Fsp3) is 0.312. The molecule has 0 bridgehead atoms. The van der Waals surface area contributed by atoms with Gasteiger partial charge in [-0.05, 0) is 26.1 Å². The van der Waals surface area contributed by atoms with Crippen molar-refractivity contribution in [1.82, 2.24) is 4.90 Å². The van der Waals surface area contributed by atoms with Crippen LogP contribution in [-0.2, 0) is 6.54 Å². The zero-order chi connectivity index (χ0) is 15.4. The molecule has 0 saturated carbocycles. The second-order valence-corrected chi connectivity index (χ2v) is 5.99. The number of rotatable bonds is 6. The summed E-state index contributed by atoms with van der Waals surface area (Å²) in [5.41, 5.74) is 7.01. The molecule has 0 aliphatic heterocycles. The van der Waals surface area contributed by atoms with Gasteiger partial charge in [0.05, 0.1) is 12.7 Å². The predicted molar refractivity (Wildman–Crippen MR) is 85.7 cm³/mol. The van der Waals surface area contributed by atoms with Gasteiger partial charge in [-0.3, -0.25) is 9.69 Å².